The number of aromatic nitrogens is 3. The van der Waals surface area contributed by atoms with E-state index in [-0.39, 0.29) is 5.54 Å². The van der Waals surface area contributed by atoms with Gasteiger partial charge in [-0.1, -0.05) is 13.8 Å². The molecule has 2 rings (SSSR count). The maximum atomic E-state index is 10.6. The predicted octanol–water partition coefficient (Wildman–Crippen LogP) is 1.71. The molecule has 1 unspecified atom stereocenters. The number of rotatable bonds is 6. The summed E-state index contributed by atoms with van der Waals surface area (Å²) in [6, 6.07) is 0. The molecule has 1 N–H and O–H groups in total. The number of aliphatic hydroxyl groups excluding tert-OH is 1. The Morgan fingerprint density at radius 2 is 1.95 bits per heavy atom. The summed E-state index contributed by atoms with van der Waals surface area (Å²) >= 11 is 0. The summed E-state index contributed by atoms with van der Waals surface area (Å²) in [5.74, 6) is 1.41. The van der Waals surface area contributed by atoms with Crippen molar-refractivity contribution in [3.63, 3.8) is 0 Å². The number of aliphatic hydroxyl groups is 1. The van der Waals surface area contributed by atoms with Gasteiger partial charge in [-0.05, 0) is 45.7 Å². The Labute approximate surface area is 122 Å². The van der Waals surface area contributed by atoms with Gasteiger partial charge in [0.05, 0.1) is 6.10 Å². The fourth-order valence-corrected chi connectivity index (χ4v) is 2.87. The molecule has 0 aromatic carbocycles. The van der Waals surface area contributed by atoms with E-state index in [2.05, 4.69) is 42.7 Å². The SMILES string of the molecule is CC(C)Cn1ncnc1CC(O)C(C)(C)N1CCCC1. The maximum absolute atomic E-state index is 10.6. The van der Waals surface area contributed by atoms with Gasteiger partial charge in [-0.15, -0.1) is 0 Å². The average Bonchev–Trinajstić information content (AvgIpc) is 3.00. The number of hydrogen-bond donors (Lipinski definition) is 1. The van der Waals surface area contributed by atoms with Crippen molar-refractivity contribution in [2.75, 3.05) is 13.1 Å². The summed E-state index contributed by atoms with van der Waals surface area (Å²) in [5.41, 5.74) is -0.203. The Bertz CT molecular complexity index is 421. The molecule has 0 saturated carbocycles. The van der Waals surface area contributed by atoms with E-state index in [1.54, 1.807) is 6.33 Å². The van der Waals surface area contributed by atoms with Crippen molar-refractivity contribution in [2.45, 2.75) is 65.1 Å². The van der Waals surface area contributed by atoms with E-state index in [1.807, 2.05) is 4.68 Å². The Balaban J connectivity index is 2.03. The lowest BCUT2D eigenvalue weighted by Gasteiger charge is -2.39. The first-order valence-corrected chi connectivity index (χ1v) is 7.71. The van der Waals surface area contributed by atoms with Crippen molar-refractivity contribution in [2.24, 2.45) is 5.92 Å². The third-order valence-electron chi connectivity index (χ3n) is 4.35. The van der Waals surface area contributed by atoms with Crippen LogP contribution in [0.4, 0.5) is 0 Å². The minimum atomic E-state index is -0.421. The van der Waals surface area contributed by atoms with Gasteiger partial charge in [0, 0.05) is 18.5 Å². The van der Waals surface area contributed by atoms with Crippen molar-refractivity contribution in [3.05, 3.63) is 12.2 Å². The first-order chi connectivity index (χ1) is 9.41. The molecule has 114 valence electrons. The molecule has 0 aliphatic carbocycles. The van der Waals surface area contributed by atoms with Crippen LogP contribution in [-0.4, -0.2) is 49.5 Å². The van der Waals surface area contributed by atoms with Crippen LogP contribution in [0.3, 0.4) is 0 Å². The monoisotopic (exact) mass is 280 g/mol. The van der Waals surface area contributed by atoms with Crippen LogP contribution in [0.5, 0.6) is 0 Å². The van der Waals surface area contributed by atoms with Gasteiger partial charge in [0.2, 0.25) is 0 Å². The predicted molar refractivity (Wildman–Crippen MR) is 79.5 cm³/mol. The summed E-state index contributed by atoms with van der Waals surface area (Å²) in [7, 11) is 0. The van der Waals surface area contributed by atoms with Gasteiger partial charge in [-0.3, -0.25) is 4.90 Å². The van der Waals surface area contributed by atoms with Crippen LogP contribution in [0.25, 0.3) is 0 Å². The molecule has 5 nitrogen and oxygen atoms in total. The third kappa shape index (κ3) is 3.38. The van der Waals surface area contributed by atoms with E-state index in [0.29, 0.717) is 12.3 Å². The first kappa shape index (κ1) is 15.4. The molecule has 1 atom stereocenters. The normalized spacial score (nSPS) is 18.9. The molecule has 2 heterocycles. The highest BCUT2D eigenvalue weighted by Gasteiger charge is 2.36. The Hall–Kier alpha value is -0.940. The first-order valence-electron chi connectivity index (χ1n) is 7.71. The van der Waals surface area contributed by atoms with Crippen molar-refractivity contribution < 1.29 is 5.11 Å². The van der Waals surface area contributed by atoms with Crippen LogP contribution < -0.4 is 0 Å². The molecular weight excluding hydrogens is 252 g/mol. The van der Waals surface area contributed by atoms with E-state index in [9.17, 15) is 5.11 Å². The van der Waals surface area contributed by atoms with Crippen LogP contribution in [0, 0.1) is 5.92 Å². The van der Waals surface area contributed by atoms with E-state index in [1.165, 1.54) is 12.8 Å². The smallest absolute Gasteiger partial charge is 0.138 e. The zero-order chi connectivity index (χ0) is 14.8. The summed E-state index contributed by atoms with van der Waals surface area (Å²) in [5, 5.41) is 14.9. The van der Waals surface area contributed by atoms with E-state index < -0.39 is 6.10 Å². The molecule has 0 amide bonds. The molecule has 1 aromatic rings. The average molecular weight is 280 g/mol. The van der Waals surface area contributed by atoms with Crippen molar-refractivity contribution in [1.82, 2.24) is 19.7 Å². The van der Waals surface area contributed by atoms with E-state index in [0.717, 1.165) is 25.5 Å². The van der Waals surface area contributed by atoms with Crippen LogP contribution >= 0.6 is 0 Å². The molecule has 1 saturated heterocycles. The molecule has 1 aliphatic heterocycles. The Morgan fingerprint density at radius 1 is 1.30 bits per heavy atom. The highest BCUT2D eigenvalue weighted by molar-refractivity contribution is 4.98. The van der Waals surface area contributed by atoms with Gasteiger partial charge < -0.3 is 5.11 Å². The second-order valence-electron chi connectivity index (χ2n) is 6.82. The second kappa shape index (κ2) is 6.22. The highest BCUT2D eigenvalue weighted by Crippen LogP contribution is 2.26. The van der Waals surface area contributed by atoms with Gasteiger partial charge in [0.1, 0.15) is 12.2 Å². The summed E-state index contributed by atoms with van der Waals surface area (Å²) in [6.45, 7) is 11.6. The molecule has 5 heteroatoms. The molecular formula is C15H28N4O. The zero-order valence-electron chi connectivity index (χ0n) is 13.2. The second-order valence-corrected chi connectivity index (χ2v) is 6.82. The van der Waals surface area contributed by atoms with Crippen LogP contribution in [-0.2, 0) is 13.0 Å². The molecule has 1 fully saturated rings. The lowest BCUT2D eigenvalue weighted by molar-refractivity contribution is 0.00164. The van der Waals surface area contributed by atoms with Crippen LogP contribution in [0.15, 0.2) is 6.33 Å². The molecule has 1 aliphatic rings. The van der Waals surface area contributed by atoms with Gasteiger partial charge in [0.25, 0.3) is 0 Å². The molecule has 20 heavy (non-hydrogen) atoms. The minimum absolute atomic E-state index is 0.203. The summed E-state index contributed by atoms with van der Waals surface area (Å²) in [6.07, 6.45) is 4.21. The van der Waals surface area contributed by atoms with E-state index in [4.69, 9.17) is 0 Å². The maximum Gasteiger partial charge on any atom is 0.138 e. The van der Waals surface area contributed by atoms with E-state index >= 15 is 0 Å². The summed E-state index contributed by atoms with van der Waals surface area (Å²) in [4.78, 5) is 6.71. The largest absolute Gasteiger partial charge is 0.391 e. The Kier molecular flexibility index (Phi) is 4.81. The lowest BCUT2D eigenvalue weighted by atomic mass is 9.92. The summed E-state index contributed by atoms with van der Waals surface area (Å²) < 4.78 is 1.92. The fourth-order valence-electron chi connectivity index (χ4n) is 2.87. The fraction of sp³-hybridized carbons (Fsp3) is 0.867. The highest BCUT2D eigenvalue weighted by atomic mass is 16.3. The number of nitrogens with zero attached hydrogens (tertiary/aromatic N) is 4. The van der Waals surface area contributed by atoms with Gasteiger partial charge in [-0.25, -0.2) is 9.67 Å². The lowest BCUT2D eigenvalue weighted by Crippen LogP contribution is -2.52. The molecule has 0 radical (unpaired) electrons. The van der Waals surface area contributed by atoms with Gasteiger partial charge >= 0.3 is 0 Å². The molecule has 0 bridgehead atoms. The standard InChI is InChI=1S/C15H28N4O/c1-12(2)10-19-14(16-11-17-19)9-13(20)15(3,4)18-7-5-6-8-18/h11-13,20H,5-10H2,1-4H3. The third-order valence-corrected chi connectivity index (χ3v) is 4.35. The van der Waals surface area contributed by atoms with Crippen molar-refractivity contribution >= 4 is 0 Å². The van der Waals surface area contributed by atoms with Gasteiger partial charge in [0.15, 0.2) is 0 Å². The number of hydrogen-bond acceptors (Lipinski definition) is 4. The van der Waals surface area contributed by atoms with Crippen molar-refractivity contribution in [3.8, 4) is 0 Å². The Morgan fingerprint density at radius 3 is 2.55 bits per heavy atom. The quantitative estimate of drug-likeness (QED) is 0.862. The number of likely N-dealkylation sites (tertiary alicyclic amines) is 1. The van der Waals surface area contributed by atoms with Crippen LogP contribution in [0.2, 0.25) is 0 Å². The molecule has 0 spiro atoms. The van der Waals surface area contributed by atoms with Crippen molar-refractivity contribution in [1.29, 1.82) is 0 Å². The minimum Gasteiger partial charge on any atom is -0.391 e. The topological polar surface area (TPSA) is 54.2 Å². The van der Waals surface area contributed by atoms with Crippen LogP contribution in [0.1, 0.15) is 46.4 Å². The zero-order valence-corrected chi connectivity index (χ0v) is 13.2. The molecule has 1 aromatic heterocycles. The van der Waals surface area contributed by atoms with Gasteiger partial charge in [-0.2, -0.15) is 5.10 Å².